The average molecular weight is 435 g/mol. The molecule has 0 bridgehead atoms. The van der Waals surface area contributed by atoms with Crippen molar-refractivity contribution in [1.29, 1.82) is 0 Å². The Balaban J connectivity index is 1.60. The molecule has 168 valence electrons. The minimum Gasteiger partial charge on any atom is -0.465 e. The molecule has 4 fully saturated rings. The molecule has 0 radical (unpaired) electrons. The van der Waals surface area contributed by atoms with Gasteiger partial charge in [-0.05, 0) is 74.7 Å². The third kappa shape index (κ3) is 2.75. The summed E-state index contributed by atoms with van der Waals surface area (Å²) in [6.45, 7) is 1.93. The molecule has 0 unspecified atom stereocenters. The fourth-order valence-corrected chi connectivity index (χ4v) is 9.92. The van der Waals surface area contributed by atoms with Gasteiger partial charge in [-0.2, -0.15) is 0 Å². The van der Waals surface area contributed by atoms with Gasteiger partial charge in [0.05, 0.1) is 0 Å². The molecule has 4 saturated carbocycles. The standard InChI is InChI=1S/C25H39O4P/c1-18-21(30(26,27-2)28-3)17-23(29-18)24-16-10-15-22(24)25(24,19-11-6-4-7-12-19)20-13-8-5-9-14-20/h17,19-20,22H,4-16H2,1-3H3/t22-,24+/m1/s1. The van der Waals surface area contributed by atoms with E-state index in [2.05, 4.69) is 6.07 Å². The van der Waals surface area contributed by atoms with Gasteiger partial charge in [-0.3, -0.25) is 4.57 Å². The Labute approximate surface area is 182 Å². The molecule has 4 nitrogen and oxygen atoms in total. The number of fused-ring (bicyclic) bond motifs is 1. The molecular formula is C25H39O4P. The van der Waals surface area contributed by atoms with Gasteiger partial charge < -0.3 is 13.5 Å². The summed E-state index contributed by atoms with van der Waals surface area (Å²) in [6.07, 6.45) is 17.9. The molecule has 0 spiro atoms. The van der Waals surface area contributed by atoms with Gasteiger partial charge >= 0.3 is 7.60 Å². The summed E-state index contributed by atoms with van der Waals surface area (Å²) >= 11 is 0. The number of hydrogen-bond acceptors (Lipinski definition) is 4. The lowest BCUT2D eigenvalue weighted by atomic mass is 9.61. The van der Waals surface area contributed by atoms with Gasteiger partial charge in [-0.15, -0.1) is 0 Å². The third-order valence-electron chi connectivity index (χ3n) is 9.59. The van der Waals surface area contributed by atoms with Crippen LogP contribution in [0.2, 0.25) is 0 Å². The summed E-state index contributed by atoms with van der Waals surface area (Å²) in [5, 5.41) is 0.635. The fraction of sp³-hybridized carbons (Fsp3) is 0.840. The Morgan fingerprint density at radius 3 is 2.00 bits per heavy atom. The molecule has 1 aromatic rings. The van der Waals surface area contributed by atoms with Crippen LogP contribution in [-0.2, 0) is 19.0 Å². The van der Waals surface area contributed by atoms with Crippen LogP contribution < -0.4 is 5.30 Å². The topological polar surface area (TPSA) is 48.7 Å². The van der Waals surface area contributed by atoms with E-state index < -0.39 is 7.60 Å². The van der Waals surface area contributed by atoms with Crippen LogP contribution in [0.5, 0.6) is 0 Å². The largest absolute Gasteiger partial charge is 0.465 e. The van der Waals surface area contributed by atoms with Gasteiger partial charge in [0.25, 0.3) is 0 Å². The van der Waals surface area contributed by atoms with E-state index in [-0.39, 0.29) is 5.41 Å². The second-order valence-corrected chi connectivity index (χ2v) is 12.6. The van der Waals surface area contributed by atoms with Gasteiger partial charge in [0.15, 0.2) is 0 Å². The molecular weight excluding hydrogens is 395 g/mol. The number of aryl methyl sites for hydroxylation is 1. The predicted octanol–water partition coefficient (Wildman–Crippen LogP) is 6.90. The van der Waals surface area contributed by atoms with E-state index in [1.807, 2.05) is 6.92 Å². The molecule has 30 heavy (non-hydrogen) atoms. The molecule has 0 N–H and O–H groups in total. The van der Waals surface area contributed by atoms with Crippen LogP contribution in [0.4, 0.5) is 0 Å². The van der Waals surface area contributed by atoms with Crippen LogP contribution >= 0.6 is 7.60 Å². The Morgan fingerprint density at radius 1 is 0.900 bits per heavy atom. The smallest absolute Gasteiger partial charge is 0.364 e. The van der Waals surface area contributed by atoms with Gasteiger partial charge in [-0.25, -0.2) is 0 Å². The lowest BCUT2D eigenvalue weighted by Gasteiger charge is -2.43. The number of furan rings is 1. The van der Waals surface area contributed by atoms with E-state index >= 15 is 0 Å². The van der Waals surface area contributed by atoms with Gasteiger partial charge in [0.1, 0.15) is 16.8 Å². The monoisotopic (exact) mass is 434 g/mol. The van der Waals surface area contributed by atoms with Crippen LogP contribution in [0, 0.1) is 30.1 Å². The highest BCUT2D eigenvalue weighted by molar-refractivity contribution is 7.62. The van der Waals surface area contributed by atoms with E-state index in [4.69, 9.17) is 13.5 Å². The average Bonchev–Trinajstić information content (AvgIpc) is 3.09. The molecule has 4 aliphatic carbocycles. The highest BCUT2D eigenvalue weighted by Gasteiger charge is 2.82. The Bertz CT molecular complexity index is 791. The molecule has 0 aliphatic heterocycles. The molecule has 1 heterocycles. The van der Waals surface area contributed by atoms with Crippen molar-refractivity contribution in [3.05, 3.63) is 17.6 Å². The zero-order chi connectivity index (χ0) is 21.0. The normalized spacial score (nSPS) is 32.3. The zero-order valence-corrected chi connectivity index (χ0v) is 20.0. The van der Waals surface area contributed by atoms with Crippen molar-refractivity contribution in [2.45, 2.75) is 95.8 Å². The molecule has 5 heteroatoms. The van der Waals surface area contributed by atoms with Gasteiger partial charge in [0, 0.05) is 19.6 Å². The molecule has 0 aromatic carbocycles. The first-order valence-corrected chi connectivity index (χ1v) is 13.9. The van der Waals surface area contributed by atoms with E-state index in [1.165, 1.54) is 97.7 Å². The first-order valence-electron chi connectivity index (χ1n) is 12.4. The second kappa shape index (κ2) is 7.78. The minimum atomic E-state index is -3.30. The van der Waals surface area contributed by atoms with Crippen LogP contribution in [0.25, 0.3) is 0 Å². The summed E-state index contributed by atoms with van der Waals surface area (Å²) in [4.78, 5) is 0. The minimum absolute atomic E-state index is 0.159. The van der Waals surface area contributed by atoms with Crippen molar-refractivity contribution < 1.29 is 18.0 Å². The van der Waals surface area contributed by atoms with Crippen molar-refractivity contribution in [1.82, 2.24) is 0 Å². The first kappa shape index (κ1) is 21.3. The highest BCUT2D eigenvalue weighted by atomic mass is 31.2. The van der Waals surface area contributed by atoms with Crippen LogP contribution in [0.3, 0.4) is 0 Å². The maximum atomic E-state index is 13.2. The van der Waals surface area contributed by atoms with Crippen molar-refractivity contribution in [2.75, 3.05) is 14.2 Å². The highest BCUT2D eigenvalue weighted by Crippen LogP contribution is 2.84. The van der Waals surface area contributed by atoms with Crippen molar-refractivity contribution in [2.24, 2.45) is 23.2 Å². The molecule has 5 rings (SSSR count). The summed E-state index contributed by atoms with van der Waals surface area (Å²) in [6, 6.07) is 2.08. The third-order valence-corrected chi connectivity index (χ3v) is 11.6. The van der Waals surface area contributed by atoms with E-state index in [0.717, 1.165) is 23.5 Å². The summed E-state index contributed by atoms with van der Waals surface area (Å²) in [7, 11) is -0.360. The Kier molecular flexibility index (Phi) is 5.52. The Hall–Kier alpha value is -0.570. The van der Waals surface area contributed by atoms with Crippen LogP contribution in [-0.4, -0.2) is 14.2 Å². The molecule has 0 saturated heterocycles. The maximum absolute atomic E-state index is 13.2. The van der Waals surface area contributed by atoms with Gasteiger partial charge in [-0.1, -0.05) is 44.9 Å². The number of hydrogen-bond donors (Lipinski definition) is 0. The summed E-state index contributed by atoms with van der Waals surface area (Å²) < 4.78 is 30.3. The first-order chi connectivity index (χ1) is 14.5. The fourth-order valence-electron chi connectivity index (χ4n) is 8.67. The summed E-state index contributed by atoms with van der Waals surface area (Å²) in [5.41, 5.74) is 0.574. The maximum Gasteiger partial charge on any atom is 0.364 e. The predicted molar refractivity (Wildman–Crippen MR) is 119 cm³/mol. The summed E-state index contributed by atoms with van der Waals surface area (Å²) in [5.74, 6) is 4.24. The molecule has 0 amide bonds. The van der Waals surface area contributed by atoms with E-state index in [0.29, 0.717) is 16.5 Å². The number of rotatable bonds is 6. The van der Waals surface area contributed by atoms with Crippen LogP contribution in [0.1, 0.15) is 95.0 Å². The SMILES string of the molecule is COP(=O)(OC)c1cc([C@]23CCC[C@H]2C3(C2CCCCC2)C2CCCCC2)oc1C. The van der Waals surface area contributed by atoms with E-state index in [1.54, 1.807) is 0 Å². The lowest BCUT2D eigenvalue weighted by Crippen LogP contribution is -2.36. The van der Waals surface area contributed by atoms with Crippen molar-refractivity contribution in [3.8, 4) is 0 Å². The van der Waals surface area contributed by atoms with Gasteiger partial charge in [0.2, 0.25) is 0 Å². The second-order valence-electron chi connectivity index (χ2n) is 10.4. The molecule has 1 aromatic heterocycles. The van der Waals surface area contributed by atoms with Crippen LogP contribution in [0.15, 0.2) is 10.5 Å². The van der Waals surface area contributed by atoms with Crippen molar-refractivity contribution >= 4 is 12.9 Å². The van der Waals surface area contributed by atoms with Crippen molar-refractivity contribution in [3.63, 3.8) is 0 Å². The Morgan fingerprint density at radius 2 is 1.47 bits per heavy atom. The van der Waals surface area contributed by atoms with E-state index in [9.17, 15) is 4.57 Å². The molecule has 4 aliphatic rings. The quantitative estimate of drug-likeness (QED) is 0.457. The zero-order valence-electron chi connectivity index (χ0n) is 19.1. The molecule has 2 atom stereocenters. The lowest BCUT2D eigenvalue weighted by molar-refractivity contribution is 0.0714.